The first kappa shape index (κ1) is 26.0. The summed E-state index contributed by atoms with van der Waals surface area (Å²) < 4.78 is 5.44. The number of hydrazone groups is 1. The standard InChI is InChI=1S/C29H27ClN4O3S/c1-3-37-23-13-11-22(12-14-23)31-27(35)17-26-28(36)32-29(38-26)34-25(20-5-4-6-21(30)15-20)16-24(33-34)19-9-7-18(2)8-10-19/h4-15,25-26H,3,16-17H2,1-2H3,(H,31,35). The molecule has 2 aliphatic rings. The van der Waals surface area contributed by atoms with Crippen LogP contribution >= 0.6 is 23.4 Å². The van der Waals surface area contributed by atoms with Gasteiger partial charge in [-0.3, -0.25) is 9.59 Å². The third-order valence-corrected chi connectivity index (χ3v) is 7.65. The van der Waals surface area contributed by atoms with Crippen molar-refractivity contribution in [3.8, 4) is 5.75 Å². The van der Waals surface area contributed by atoms with Gasteiger partial charge in [0.1, 0.15) is 11.0 Å². The van der Waals surface area contributed by atoms with Gasteiger partial charge in [-0.1, -0.05) is 65.3 Å². The van der Waals surface area contributed by atoms with Crippen LogP contribution in [-0.4, -0.2) is 39.6 Å². The second-order valence-electron chi connectivity index (χ2n) is 9.08. The van der Waals surface area contributed by atoms with Gasteiger partial charge in [-0.05, 0) is 61.4 Å². The third kappa shape index (κ3) is 5.92. The maximum Gasteiger partial charge on any atom is 0.262 e. The lowest BCUT2D eigenvalue weighted by molar-refractivity contribution is -0.121. The lowest BCUT2D eigenvalue weighted by Gasteiger charge is -2.23. The van der Waals surface area contributed by atoms with E-state index in [0.717, 1.165) is 22.6 Å². The van der Waals surface area contributed by atoms with E-state index in [1.807, 2.05) is 38.1 Å². The van der Waals surface area contributed by atoms with E-state index in [1.165, 1.54) is 17.3 Å². The van der Waals surface area contributed by atoms with Crippen molar-refractivity contribution in [1.82, 2.24) is 5.01 Å². The first-order valence-corrected chi connectivity index (χ1v) is 13.7. The Morgan fingerprint density at radius 1 is 1.13 bits per heavy atom. The van der Waals surface area contributed by atoms with E-state index < -0.39 is 5.25 Å². The van der Waals surface area contributed by atoms with Crippen molar-refractivity contribution in [3.63, 3.8) is 0 Å². The minimum absolute atomic E-state index is 0.00785. The zero-order valence-corrected chi connectivity index (χ0v) is 22.6. The number of hydrogen-bond acceptors (Lipinski definition) is 6. The number of ether oxygens (including phenoxy) is 1. The van der Waals surface area contributed by atoms with Gasteiger partial charge in [-0.25, -0.2) is 5.01 Å². The number of halogens is 1. The van der Waals surface area contributed by atoms with Gasteiger partial charge in [0.15, 0.2) is 5.17 Å². The minimum atomic E-state index is -0.619. The van der Waals surface area contributed by atoms with E-state index >= 15 is 0 Å². The van der Waals surface area contributed by atoms with Crippen molar-refractivity contribution < 1.29 is 14.3 Å². The molecule has 0 radical (unpaired) electrons. The van der Waals surface area contributed by atoms with Crippen molar-refractivity contribution in [2.24, 2.45) is 10.1 Å². The average Bonchev–Trinajstić information content (AvgIpc) is 3.50. The molecule has 0 saturated heterocycles. The zero-order valence-electron chi connectivity index (χ0n) is 21.1. The Morgan fingerprint density at radius 2 is 1.89 bits per heavy atom. The number of aliphatic imine (C=N–C) groups is 1. The molecule has 5 rings (SSSR count). The molecule has 2 unspecified atom stereocenters. The van der Waals surface area contributed by atoms with Gasteiger partial charge in [0.2, 0.25) is 5.91 Å². The normalized spacial score (nSPS) is 18.8. The van der Waals surface area contributed by atoms with Gasteiger partial charge < -0.3 is 10.1 Å². The second-order valence-corrected chi connectivity index (χ2v) is 10.7. The number of thioether (sulfide) groups is 1. The summed E-state index contributed by atoms with van der Waals surface area (Å²) in [5, 5.41) is 10.0. The Kier molecular flexibility index (Phi) is 7.81. The number of hydrogen-bond donors (Lipinski definition) is 1. The molecule has 3 aromatic carbocycles. The van der Waals surface area contributed by atoms with Crippen molar-refractivity contribution in [2.45, 2.75) is 38.0 Å². The molecule has 0 aliphatic carbocycles. The molecule has 0 saturated carbocycles. The number of carbonyl (C=O) groups excluding carboxylic acids is 2. The number of nitrogens with zero attached hydrogens (tertiary/aromatic N) is 3. The number of nitrogens with one attached hydrogen (secondary N) is 1. The van der Waals surface area contributed by atoms with Crippen LogP contribution < -0.4 is 10.1 Å². The maximum atomic E-state index is 12.8. The van der Waals surface area contributed by atoms with Gasteiger partial charge >= 0.3 is 0 Å². The first-order chi connectivity index (χ1) is 18.4. The molecule has 0 fully saturated rings. The maximum absolute atomic E-state index is 12.8. The molecule has 194 valence electrons. The fourth-order valence-electron chi connectivity index (χ4n) is 4.37. The van der Waals surface area contributed by atoms with Crippen LogP contribution in [-0.2, 0) is 9.59 Å². The molecule has 1 N–H and O–H groups in total. The number of carbonyl (C=O) groups is 2. The summed E-state index contributed by atoms with van der Waals surface area (Å²) in [5.74, 6) is 0.138. The van der Waals surface area contributed by atoms with E-state index in [9.17, 15) is 9.59 Å². The number of amidine groups is 1. The van der Waals surface area contributed by atoms with Crippen LogP contribution in [0, 0.1) is 6.92 Å². The Labute approximate surface area is 230 Å². The van der Waals surface area contributed by atoms with Crippen LogP contribution in [0.25, 0.3) is 0 Å². The van der Waals surface area contributed by atoms with Crippen molar-refractivity contribution in [1.29, 1.82) is 0 Å². The van der Waals surface area contributed by atoms with Gasteiger partial charge in [-0.15, -0.1) is 0 Å². The van der Waals surface area contributed by atoms with Crippen LogP contribution in [0.5, 0.6) is 5.75 Å². The first-order valence-electron chi connectivity index (χ1n) is 12.4. The molecule has 3 aromatic rings. The summed E-state index contributed by atoms with van der Waals surface area (Å²) in [7, 11) is 0. The van der Waals surface area contributed by atoms with Crippen LogP contribution in [0.4, 0.5) is 5.69 Å². The van der Waals surface area contributed by atoms with Gasteiger partial charge in [0.05, 0.1) is 18.4 Å². The van der Waals surface area contributed by atoms with Crippen LogP contribution in [0.3, 0.4) is 0 Å². The molecule has 9 heteroatoms. The Morgan fingerprint density at radius 3 is 2.61 bits per heavy atom. The lowest BCUT2D eigenvalue weighted by Crippen LogP contribution is -2.25. The summed E-state index contributed by atoms with van der Waals surface area (Å²) >= 11 is 7.57. The highest BCUT2D eigenvalue weighted by molar-refractivity contribution is 8.15. The minimum Gasteiger partial charge on any atom is -0.494 e. The fraction of sp³-hybridized carbons (Fsp3) is 0.241. The van der Waals surface area contributed by atoms with Gasteiger partial charge in [0, 0.05) is 23.6 Å². The van der Waals surface area contributed by atoms with Crippen molar-refractivity contribution >= 4 is 51.7 Å². The highest BCUT2D eigenvalue weighted by atomic mass is 35.5. The molecule has 0 aromatic heterocycles. The van der Waals surface area contributed by atoms with Crippen LogP contribution in [0.15, 0.2) is 82.9 Å². The summed E-state index contributed by atoms with van der Waals surface area (Å²) in [6.45, 7) is 4.53. The Balaban J connectivity index is 1.31. The van der Waals surface area contributed by atoms with Crippen molar-refractivity contribution in [2.75, 3.05) is 11.9 Å². The molecule has 7 nitrogen and oxygen atoms in total. The Hall–Kier alpha value is -3.62. The molecule has 2 atom stereocenters. The average molecular weight is 547 g/mol. The zero-order chi connectivity index (χ0) is 26.6. The van der Waals surface area contributed by atoms with Crippen molar-refractivity contribution in [3.05, 3.63) is 94.5 Å². The van der Waals surface area contributed by atoms with Gasteiger partial charge in [0.25, 0.3) is 5.91 Å². The second kappa shape index (κ2) is 11.4. The molecule has 2 amide bonds. The summed E-state index contributed by atoms with van der Waals surface area (Å²) in [6.07, 6.45) is 0.647. The molecule has 0 spiro atoms. The molecular weight excluding hydrogens is 520 g/mol. The third-order valence-electron chi connectivity index (χ3n) is 6.27. The number of anilines is 1. The highest BCUT2D eigenvalue weighted by Crippen LogP contribution is 2.39. The predicted molar refractivity (Wildman–Crippen MR) is 153 cm³/mol. The van der Waals surface area contributed by atoms with E-state index in [1.54, 1.807) is 29.3 Å². The predicted octanol–water partition coefficient (Wildman–Crippen LogP) is 6.23. The number of amides is 2. The molecule has 38 heavy (non-hydrogen) atoms. The lowest BCUT2D eigenvalue weighted by atomic mass is 9.98. The topological polar surface area (TPSA) is 83.4 Å². The SMILES string of the molecule is CCOc1ccc(NC(=O)CC2SC(N3N=C(c4ccc(C)cc4)CC3c3cccc(Cl)c3)=NC2=O)cc1. The number of rotatable bonds is 7. The quantitative estimate of drug-likeness (QED) is 0.380. The summed E-state index contributed by atoms with van der Waals surface area (Å²) in [6, 6.07) is 22.8. The summed E-state index contributed by atoms with van der Waals surface area (Å²) in [5.41, 5.74) is 4.72. The smallest absolute Gasteiger partial charge is 0.262 e. The van der Waals surface area contributed by atoms with E-state index in [0.29, 0.717) is 28.9 Å². The Bertz CT molecular complexity index is 1410. The fourth-order valence-corrected chi connectivity index (χ4v) is 5.63. The monoisotopic (exact) mass is 546 g/mol. The summed E-state index contributed by atoms with van der Waals surface area (Å²) in [4.78, 5) is 29.9. The highest BCUT2D eigenvalue weighted by Gasteiger charge is 2.39. The van der Waals surface area contributed by atoms with E-state index in [-0.39, 0.29) is 24.3 Å². The van der Waals surface area contributed by atoms with Crippen LogP contribution in [0.1, 0.15) is 42.5 Å². The van der Waals surface area contributed by atoms with Gasteiger partial charge in [-0.2, -0.15) is 10.1 Å². The molecule has 0 bridgehead atoms. The molecule has 2 aliphatic heterocycles. The van der Waals surface area contributed by atoms with Crippen LogP contribution in [0.2, 0.25) is 5.02 Å². The number of aryl methyl sites for hydroxylation is 1. The van der Waals surface area contributed by atoms with E-state index in [2.05, 4.69) is 34.6 Å². The molecule has 2 heterocycles. The number of benzene rings is 3. The van der Waals surface area contributed by atoms with E-state index in [4.69, 9.17) is 21.4 Å². The molecular formula is C29H27ClN4O3S. The largest absolute Gasteiger partial charge is 0.494 e.